The number of primary sulfonamides is 1. The third kappa shape index (κ3) is 11.8. The summed E-state index contributed by atoms with van der Waals surface area (Å²) in [5.74, 6) is -0.862. The molecular formula is C33H40N6O8S2. The van der Waals surface area contributed by atoms with Crippen LogP contribution in [-0.2, 0) is 20.0 Å². The van der Waals surface area contributed by atoms with E-state index in [1.54, 1.807) is 44.2 Å². The number of pyridine rings is 1. The topological polar surface area (TPSA) is 219 Å². The van der Waals surface area contributed by atoms with Crippen LogP contribution in [0, 0.1) is 6.92 Å². The van der Waals surface area contributed by atoms with E-state index in [4.69, 9.17) is 9.88 Å². The van der Waals surface area contributed by atoms with E-state index in [1.807, 2.05) is 42.8 Å². The number of aryl methyl sites for hydroxylation is 1. The Morgan fingerprint density at radius 3 is 2.27 bits per heavy atom. The normalized spacial score (nSPS) is 11.1. The molecule has 0 aliphatic rings. The number of para-hydroxylation sites is 1. The zero-order chi connectivity index (χ0) is 36.2. The highest BCUT2D eigenvalue weighted by Crippen LogP contribution is 2.37. The van der Waals surface area contributed by atoms with Crippen molar-refractivity contribution in [2.24, 2.45) is 5.14 Å². The number of amides is 2. The van der Waals surface area contributed by atoms with E-state index >= 15 is 0 Å². The number of aromatic nitrogens is 1. The number of carboxylic acids is 1. The Bertz CT molecular complexity index is 1970. The van der Waals surface area contributed by atoms with Gasteiger partial charge in [-0.15, -0.1) is 0 Å². The molecule has 0 saturated heterocycles. The molecule has 4 rings (SSSR count). The molecule has 7 N–H and O–H groups in total. The van der Waals surface area contributed by atoms with Crippen molar-refractivity contribution >= 4 is 49.1 Å². The van der Waals surface area contributed by atoms with E-state index in [-0.39, 0.29) is 32.8 Å². The van der Waals surface area contributed by atoms with Gasteiger partial charge in [0.1, 0.15) is 15.5 Å². The molecule has 0 spiro atoms. The third-order valence-corrected chi connectivity index (χ3v) is 8.71. The first kappa shape index (κ1) is 38.3. The van der Waals surface area contributed by atoms with Crippen molar-refractivity contribution in [2.45, 2.75) is 56.4 Å². The molecule has 3 aromatic carbocycles. The summed E-state index contributed by atoms with van der Waals surface area (Å²) in [5.41, 5.74) is 2.18. The first-order valence-corrected chi connectivity index (χ1v) is 18.2. The summed E-state index contributed by atoms with van der Waals surface area (Å²) in [6, 6.07) is 19.0. The number of anilines is 3. The van der Waals surface area contributed by atoms with Gasteiger partial charge in [0.05, 0.1) is 16.9 Å². The molecule has 262 valence electrons. The van der Waals surface area contributed by atoms with Gasteiger partial charge in [-0.3, -0.25) is 4.98 Å². The Labute approximate surface area is 286 Å². The van der Waals surface area contributed by atoms with Crippen molar-refractivity contribution in [3.8, 4) is 11.5 Å². The first-order valence-electron chi connectivity index (χ1n) is 15.1. The molecule has 0 fully saturated rings. The van der Waals surface area contributed by atoms with Crippen molar-refractivity contribution in [1.29, 1.82) is 0 Å². The number of urea groups is 1. The number of nitrogens with one attached hydrogen (secondary N) is 4. The van der Waals surface area contributed by atoms with Crippen LogP contribution < -0.4 is 30.5 Å². The number of rotatable bonds is 13. The largest absolute Gasteiger partial charge is 0.478 e. The van der Waals surface area contributed by atoms with Gasteiger partial charge in [0.15, 0.2) is 5.75 Å². The van der Waals surface area contributed by atoms with Gasteiger partial charge in [0.25, 0.3) is 10.0 Å². The molecule has 0 saturated carbocycles. The van der Waals surface area contributed by atoms with Crippen LogP contribution in [0.3, 0.4) is 0 Å². The second-order valence-electron chi connectivity index (χ2n) is 11.0. The molecule has 0 aliphatic carbocycles. The summed E-state index contributed by atoms with van der Waals surface area (Å²) in [6.07, 6.45) is 4.42. The summed E-state index contributed by atoms with van der Waals surface area (Å²) in [4.78, 5) is 26.4. The van der Waals surface area contributed by atoms with Gasteiger partial charge in [-0.25, -0.2) is 36.3 Å². The van der Waals surface area contributed by atoms with Crippen LogP contribution in [0.2, 0.25) is 0 Å². The van der Waals surface area contributed by atoms with Gasteiger partial charge in [0, 0.05) is 30.7 Å². The lowest BCUT2D eigenvalue weighted by atomic mass is 10.1. The molecule has 1 heterocycles. The fraction of sp³-hybridized carbons (Fsp3) is 0.242. The molecule has 0 radical (unpaired) electrons. The van der Waals surface area contributed by atoms with Crippen LogP contribution in [0.4, 0.5) is 21.9 Å². The fourth-order valence-electron chi connectivity index (χ4n) is 4.22. The number of ether oxygens (including phenoxy) is 1. The van der Waals surface area contributed by atoms with E-state index in [0.717, 1.165) is 30.2 Å². The van der Waals surface area contributed by atoms with Crippen LogP contribution in [0.5, 0.6) is 11.5 Å². The Kier molecular flexibility index (Phi) is 13.5. The molecular weight excluding hydrogens is 673 g/mol. The van der Waals surface area contributed by atoms with E-state index in [0.29, 0.717) is 18.0 Å². The zero-order valence-corrected chi connectivity index (χ0v) is 29.1. The highest BCUT2D eigenvalue weighted by atomic mass is 32.2. The average Bonchev–Trinajstić information content (AvgIpc) is 3.01. The molecule has 0 bridgehead atoms. The lowest BCUT2D eigenvalue weighted by Gasteiger charge is -2.17. The summed E-state index contributed by atoms with van der Waals surface area (Å²) in [7, 11) is -8.24. The number of sulfonamides is 2. The van der Waals surface area contributed by atoms with Crippen LogP contribution in [0.15, 0.2) is 95.0 Å². The van der Waals surface area contributed by atoms with Gasteiger partial charge in [-0.05, 0) is 75.2 Å². The summed E-state index contributed by atoms with van der Waals surface area (Å²) >= 11 is 0. The number of nitrogens with zero attached hydrogens (tertiary/aromatic N) is 1. The Morgan fingerprint density at radius 2 is 1.65 bits per heavy atom. The Hall–Kier alpha value is -5.19. The van der Waals surface area contributed by atoms with Crippen LogP contribution >= 0.6 is 0 Å². The highest BCUT2D eigenvalue weighted by Gasteiger charge is 2.24. The molecule has 0 unspecified atom stereocenters. The van der Waals surface area contributed by atoms with E-state index in [2.05, 4.69) is 20.9 Å². The number of nitrogens with two attached hydrogens (primary N) is 1. The van der Waals surface area contributed by atoms with Crippen molar-refractivity contribution < 1.29 is 36.3 Å². The number of hydrogen-bond acceptors (Lipinski definition) is 10. The second kappa shape index (κ2) is 17.3. The minimum Gasteiger partial charge on any atom is -0.478 e. The Morgan fingerprint density at radius 1 is 0.939 bits per heavy atom. The van der Waals surface area contributed by atoms with Gasteiger partial charge in [-0.2, -0.15) is 0 Å². The first-order chi connectivity index (χ1) is 23.1. The highest BCUT2D eigenvalue weighted by molar-refractivity contribution is 7.90. The van der Waals surface area contributed by atoms with Gasteiger partial charge in [0.2, 0.25) is 10.0 Å². The van der Waals surface area contributed by atoms with Crippen molar-refractivity contribution in [2.75, 3.05) is 17.2 Å². The average molecular weight is 713 g/mol. The number of carbonyl (C=O) groups is 2. The van der Waals surface area contributed by atoms with Crippen LogP contribution in [0.1, 0.15) is 49.5 Å². The maximum atomic E-state index is 12.5. The molecule has 0 atom stereocenters. The number of carbonyl (C=O) groups excluding carboxylic acids is 1. The molecule has 4 aromatic rings. The number of benzene rings is 3. The number of hydrogen-bond donors (Lipinski definition) is 6. The Balaban J connectivity index is 0.000000266. The number of unbranched alkanes of at least 4 members (excludes halogenated alkanes) is 1. The minimum absolute atomic E-state index is 0.0187. The smallest absolute Gasteiger partial charge is 0.335 e. The fourth-order valence-corrected chi connectivity index (χ4v) is 5.95. The standard InChI is InChI=1S/C17H20N2O5S.C16H20N4O3S/c1-2-3-9-19-14-10-12(17(20)21)11-15(25(18,22)23)16(14)24-13-7-5-4-6-8-13;1-11(2)18-16(21)20-24(22,23)15-10-17-8-7-14(15)19-13-6-4-5-12(3)9-13/h4-8,10-11,19H,2-3,9H2,1H3,(H,20,21)(H2,18,22,23);4-11H,1-3H3,(H,17,19)(H2,18,20,21). The zero-order valence-electron chi connectivity index (χ0n) is 27.4. The molecule has 2 amide bonds. The molecule has 14 nitrogen and oxygen atoms in total. The summed E-state index contributed by atoms with van der Waals surface area (Å²) in [5, 5.41) is 23.1. The number of carboxylic acid groups (broad SMARTS) is 1. The van der Waals surface area contributed by atoms with Crippen molar-refractivity contribution in [3.05, 3.63) is 96.3 Å². The van der Waals surface area contributed by atoms with Crippen LogP contribution in [0.25, 0.3) is 0 Å². The number of aromatic carboxylic acids is 1. The van der Waals surface area contributed by atoms with Gasteiger partial charge < -0.3 is 25.8 Å². The maximum Gasteiger partial charge on any atom is 0.335 e. The lowest BCUT2D eigenvalue weighted by Crippen LogP contribution is -2.42. The van der Waals surface area contributed by atoms with Crippen molar-refractivity contribution in [3.63, 3.8) is 0 Å². The monoisotopic (exact) mass is 712 g/mol. The summed E-state index contributed by atoms with van der Waals surface area (Å²) < 4.78 is 56.6. The molecule has 1 aromatic heterocycles. The van der Waals surface area contributed by atoms with Gasteiger partial charge >= 0.3 is 12.0 Å². The predicted octanol–water partition coefficient (Wildman–Crippen LogP) is 5.57. The quantitative estimate of drug-likeness (QED) is 0.0942. The molecule has 16 heteroatoms. The SMILES string of the molecule is CCCCNc1cc(C(=O)O)cc(S(N)(=O)=O)c1Oc1ccccc1.Cc1cccc(Nc2ccncc2S(=O)(=O)NC(=O)NC(C)C)c1. The maximum absolute atomic E-state index is 12.5. The minimum atomic E-state index is -4.19. The third-order valence-electron chi connectivity index (χ3n) is 6.44. The summed E-state index contributed by atoms with van der Waals surface area (Å²) in [6.45, 7) is 7.95. The molecule has 49 heavy (non-hydrogen) atoms. The van der Waals surface area contributed by atoms with Gasteiger partial charge in [-0.1, -0.05) is 43.7 Å². The van der Waals surface area contributed by atoms with Crippen molar-refractivity contribution in [1.82, 2.24) is 15.0 Å². The molecule has 0 aliphatic heterocycles. The lowest BCUT2D eigenvalue weighted by molar-refractivity contribution is 0.0696. The van der Waals surface area contributed by atoms with E-state index < -0.39 is 32.0 Å². The predicted molar refractivity (Wildman–Crippen MR) is 187 cm³/mol. The van der Waals surface area contributed by atoms with E-state index in [1.165, 1.54) is 24.5 Å². The second-order valence-corrected chi connectivity index (χ2v) is 14.2. The van der Waals surface area contributed by atoms with E-state index in [9.17, 15) is 31.5 Å². The van der Waals surface area contributed by atoms with Crippen LogP contribution in [-0.4, -0.2) is 51.5 Å².